The van der Waals surface area contributed by atoms with Crippen LogP contribution in [0.1, 0.15) is 47.8 Å². The van der Waals surface area contributed by atoms with E-state index in [1.807, 2.05) is 37.3 Å². The van der Waals surface area contributed by atoms with Gasteiger partial charge in [-0.2, -0.15) is 0 Å². The van der Waals surface area contributed by atoms with E-state index in [0.717, 1.165) is 11.1 Å². The molecule has 2 atom stereocenters. The SMILES string of the molecule is CCOC(=O)c1ccc(CNC(=O)NC2CC(=O)N(C(C)c3ccccc3)C2)cc1. The highest BCUT2D eigenvalue weighted by molar-refractivity contribution is 5.89. The van der Waals surface area contributed by atoms with Crippen molar-refractivity contribution in [2.45, 2.75) is 38.9 Å². The lowest BCUT2D eigenvalue weighted by molar-refractivity contribution is -0.129. The predicted molar refractivity (Wildman–Crippen MR) is 113 cm³/mol. The van der Waals surface area contributed by atoms with Crippen molar-refractivity contribution in [1.29, 1.82) is 0 Å². The molecular weight excluding hydrogens is 382 g/mol. The van der Waals surface area contributed by atoms with Crippen LogP contribution in [-0.2, 0) is 16.1 Å². The summed E-state index contributed by atoms with van der Waals surface area (Å²) in [5.41, 5.74) is 2.41. The van der Waals surface area contributed by atoms with Gasteiger partial charge in [0.15, 0.2) is 0 Å². The Morgan fingerprint density at radius 3 is 2.50 bits per heavy atom. The third kappa shape index (κ3) is 5.37. The fraction of sp³-hybridized carbons (Fsp3) is 0.348. The Bertz CT molecular complexity index is 883. The highest BCUT2D eigenvalue weighted by atomic mass is 16.5. The summed E-state index contributed by atoms with van der Waals surface area (Å²) in [5, 5.41) is 5.67. The maximum atomic E-state index is 12.4. The molecule has 0 spiro atoms. The van der Waals surface area contributed by atoms with E-state index in [1.165, 1.54) is 0 Å². The van der Waals surface area contributed by atoms with E-state index in [0.29, 0.717) is 31.7 Å². The lowest BCUT2D eigenvalue weighted by Crippen LogP contribution is -2.43. The third-order valence-corrected chi connectivity index (χ3v) is 5.16. The van der Waals surface area contributed by atoms with Crippen molar-refractivity contribution in [1.82, 2.24) is 15.5 Å². The summed E-state index contributed by atoms with van der Waals surface area (Å²) in [7, 11) is 0. The molecule has 1 aliphatic rings. The fourth-order valence-corrected chi connectivity index (χ4v) is 3.51. The zero-order valence-electron chi connectivity index (χ0n) is 17.3. The predicted octanol–water partition coefficient (Wildman–Crippen LogP) is 3.02. The van der Waals surface area contributed by atoms with Crippen LogP contribution >= 0.6 is 0 Å². The molecule has 2 aromatic carbocycles. The van der Waals surface area contributed by atoms with Crippen molar-refractivity contribution in [2.75, 3.05) is 13.2 Å². The molecular formula is C23H27N3O4. The Morgan fingerprint density at radius 1 is 1.13 bits per heavy atom. The van der Waals surface area contributed by atoms with Gasteiger partial charge in [0.1, 0.15) is 0 Å². The van der Waals surface area contributed by atoms with Crippen LogP contribution < -0.4 is 10.6 Å². The van der Waals surface area contributed by atoms with Crippen LogP contribution in [0.25, 0.3) is 0 Å². The molecule has 1 saturated heterocycles. The van der Waals surface area contributed by atoms with Crippen LogP contribution in [0.2, 0.25) is 0 Å². The van der Waals surface area contributed by atoms with Crippen LogP contribution in [0, 0.1) is 0 Å². The molecule has 1 fully saturated rings. The zero-order chi connectivity index (χ0) is 21.5. The van der Waals surface area contributed by atoms with Crippen molar-refractivity contribution < 1.29 is 19.1 Å². The van der Waals surface area contributed by atoms with Gasteiger partial charge in [0, 0.05) is 19.5 Å². The third-order valence-electron chi connectivity index (χ3n) is 5.16. The number of esters is 1. The van der Waals surface area contributed by atoms with E-state index in [4.69, 9.17) is 4.74 Å². The van der Waals surface area contributed by atoms with E-state index in [1.54, 1.807) is 36.1 Å². The Morgan fingerprint density at radius 2 is 1.83 bits per heavy atom. The van der Waals surface area contributed by atoms with E-state index in [2.05, 4.69) is 10.6 Å². The Kier molecular flexibility index (Phi) is 7.06. The number of nitrogens with one attached hydrogen (secondary N) is 2. The molecule has 30 heavy (non-hydrogen) atoms. The van der Waals surface area contributed by atoms with Gasteiger partial charge in [0.05, 0.1) is 24.3 Å². The summed E-state index contributed by atoms with van der Waals surface area (Å²) in [6.07, 6.45) is 0.291. The first-order chi connectivity index (χ1) is 14.5. The molecule has 3 rings (SSSR count). The molecule has 7 heteroatoms. The average molecular weight is 409 g/mol. The summed E-state index contributed by atoms with van der Waals surface area (Å²) in [5.74, 6) is -0.332. The number of rotatable bonds is 7. The van der Waals surface area contributed by atoms with Gasteiger partial charge in [-0.1, -0.05) is 42.5 Å². The number of benzene rings is 2. The van der Waals surface area contributed by atoms with E-state index in [-0.39, 0.29) is 30.0 Å². The zero-order valence-corrected chi connectivity index (χ0v) is 17.3. The van der Waals surface area contributed by atoms with Crippen molar-refractivity contribution in [2.24, 2.45) is 0 Å². The molecule has 158 valence electrons. The molecule has 2 aromatic rings. The molecule has 2 unspecified atom stereocenters. The van der Waals surface area contributed by atoms with Gasteiger partial charge >= 0.3 is 12.0 Å². The maximum Gasteiger partial charge on any atom is 0.338 e. The Labute approximate surface area is 176 Å². The smallest absolute Gasteiger partial charge is 0.338 e. The highest BCUT2D eigenvalue weighted by Crippen LogP contribution is 2.25. The topological polar surface area (TPSA) is 87.7 Å². The average Bonchev–Trinajstić information content (AvgIpc) is 3.12. The number of amides is 3. The number of hydrogen-bond acceptors (Lipinski definition) is 4. The standard InChI is InChI=1S/C23H27N3O4/c1-3-30-22(28)19-11-9-17(10-12-19)14-24-23(29)25-20-13-21(27)26(15-20)16(2)18-7-5-4-6-8-18/h4-12,16,20H,3,13-15H2,1-2H3,(H2,24,25,29). The number of ether oxygens (including phenoxy) is 1. The van der Waals surface area contributed by atoms with Crippen molar-refractivity contribution in [3.63, 3.8) is 0 Å². The minimum Gasteiger partial charge on any atom is -0.462 e. The van der Waals surface area contributed by atoms with Gasteiger partial charge in [0.25, 0.3) is 0 Å². The first-order valence-corrected chi connectivity index (χ1v) is 10.1. The minimum absolute atomic E-state index is 0.0335. The van der Waals surface area contributed by atoms with Gasteiger partial charge in [-0.25, -0.2) is 9.59 Å². The summed E-state index contributed by atoms with van der Waals surface area (Å²) in [4.78, 5) is 38.1. The fourth-order valence-electron chi connectivity index (χ4n) is 3.51. The number of nitrogens with zero attached hydrogens (tertiary/aromatic N) is 1. The first kappa shape index (κ1) is 21.4. The van der Waals surface area contributed by atoms with Crippen molar-refractivity contribution in [3.05, 3.63) is 71.3 Å². The number of carbonyl (C=O) groups is 3. The van der Waals surface area contributed by atoms with E-state index < -0.39 is 0 Å². The van der Waals surface area contributed by atoms with Gasteiger partial charge in [-0.15, -0.1) is 0 Å². The molecule has 3 amide bonds. The number of hydrogen-bond donors (Lipinski definition) is 2. The molecule has 2 N–H and O–H groups in total. The van der Waals surface area contributed by atoms with Crippen LogP contribution in [-0.4, -0.2) is 42.0 Å². The lowest BCUT2D eigenvalue weighted by Gasteiger charge is -2.25. The summed E-state index contributed by atoms with van der Waals surface area (Å²) in [6, 6.07) is 16.2. The highest BCUT2D eigenvalue weighted by Gasteiger charge is 2.33. The number of urea groups is 1. The monoisotopic (exact) mass is 409 g/mol. The largest absolute Gasteiger partial charge is 0.462 e. The lowest BCUT2D eigenvalue weighted by atomic mass is 10.1. The minimum atomic E-state index is -0.366. The van der Waals surface area contributed by atoms with E-state index in [9.17, 15) is 14.4 Å². The van der Waals surface area contributed by atoms with Crippen molar-refractivity contribution >= 4 is 17.9 Å². The molecule has 0 aliphatic carbocycles. The Balaban J connectivity index is 1.47. The Hall–Kier alpha value is -3.35. The molecule has 0 bridgehead atoms. The normalized spacial score (nSPS) is 16.8. The number of carbonyl (C=O) groups excluding carboxylic acids is 3. The summed E-state index contributed by atoms with van der Waals surface area (Å²) in [6.45, 7) is 4.88. The van der Waals surface area contributed by atoms with Crippen LogP contribution in [0.15, 0.2) is 54.6 Å². The van der Waals surface area contributed by atoms with Crippen LogP contribution in [0.5, 0.6) is 0 Å². The molecule has 1 aliphatic heterocycles. The molecule has 0 radical (unpaired) electrons. The quantitative estimate of drug-likeness (QED) is 0.688. The second-order valence-electron chi connectivity index (χ2n) is 7.28. The van der Waals surface area contributed by atoms with Gasteiger partial charge in [-0.05, 0) is 37.1 Å². The maximum absolute atomic E-state index is 12.4. The second-order valence-corrected chi connectivity index (χ2v) is 7.28. The van der Waals surface area contributed by atoms with Gasteiger partial charge in [-0.3, -0.25) is 4.79 Å². The molecule has 7 nitrogen and oxygen atoms in total. The van der Waals surface area contributed by atoms with Crippen molar-refractivity contribution in [3.8, 4) is 0 Å². The molecule has 0 saturated carbocycles. The first-order valence-electron chi connectivity index (χ1n) is 10.1. The molecule has 0 aromatic heterocycles. The second kappa shape index (κ2) is 9.91. The van der Waals surface area contributed by atoms with Gasteiger partial charge < -0.3 is 20.3 Å². The van der Waals surface area contributed by atoms with Gasteiger partial charge in [0.2, 0.25) is 5.91 Å². The van der Waals surface area contributed by atoms with Crippen LogP contribution in [0.4, 0.5) is 4.79 Å². The molecule has 1 heterocycles. The summed E-state index contributed by atoms with van der Waals surface area (Å²) >= 11 is 0. The van der Waals surface area contributed by atoms with E-state index >= 15 is 0 Å². The number of likely N-dealkylation sites (tertiary alicyclic amines) is 1. The summed E-state index contributed by atoms with van der Waals surface area (Å²) < 4.78 is 4.95. The van der Waals surface area contributed by atoms with Crippen LogP contribution in [0.3, 0.4) is 0 Å².